The third kappa shape index (κ3) is 4.11. The minimum Gasteiger partial charge on any atom is -0.380 e. The molecule has 1 nitrogen and oxygen atoms in total. The Morgan fingerprint density at radius 3 is 2.36 bits per heavy atom. The van der Waals surface area contributed by atoms with Crippen LogP contribution in [-0.4, -0.2) is 6.54 Å². The Kier molecular flexibility index (Phi) is 7.18. The lowest BCUT2D eigenvalue weighted by Gasteiger charge is -2.10. The molecule has 0 bridgehead atoms. The van der Waals surface area contributed by atoms with Gasteiger partial charge in [-0.15, -0.1) is 6.58 Å². The highest BCUT2D eigenvalue weighted by Crippen LogP contribution is 2.35. The Morgan fingerprint density at radius 2 is 1.77 bits per heavy atom. The van der Waals surface area contributed by atoms with Crippen LogP contribution in [0.15, 0.2) is 78.4 Å². The van der Waals surface area contributed by atoms with Crippen molar-refractivity contribution in [2.45, 2.75) is 27.7 Å². The number of para-hydroxylation sites is 1. The van der Waals surface area contributed by atoms with Gasteiger partial charge in [0.25, 0.3) is 0 Å². The van der Waals surface area contributed by atoms with Gasteiger partial charge in [-0.1, -0.05) is 49.1 Å². The molecular weight excluding hydrogens is 266 g/mol. The van der Waals surface area contributed by atoms with E-state index in [2.05, 4.69) is 75.7 Å². The van der Waals surface area contributed by atoms with E-state index < -0.39 is 0 Å². The SMILES string of the molecule is C=C/C(C)=C(\C=C/C)C(/C)=C1/CNc2ccccc21.C=CC. The maximum Gasteiger partial charge on any atom is 0.0420 e. The van der Waals surface area contributed by atoms with Crippen molar-refractivity contribution in [3.05, 3.63) is 84.0 Å². The molecule has 0 fully saturated rings. The molecule has 1 aliphatic rings. The number of allylic oxidation sites excluding steroid dienone is 7. The molecule has 0 amide bonds. The van der Waals surface area contributed by atoms with Crippen LogP contribution < -0.4 is 5.32 Å². The van der Waals surface area contributed by atoms with E-state index in [9.17, 15) is 0 Å². The number of hydrogen-bond donors (Lipinski definition) is 1. The molecule has 0 atom stereocenters. The molecule has 22 heavy (non-hydrogen) atoms. The summed E-state index contributed by atoms with van der Waals surface area (Å²) in [5.41, 5.74) is 7.74. The van der Waals surface area contributed by atoms with Crippen LogP contribution >= 0.6 is 0 Å². The number of rotatable bonds is 3. The number of nitrogens with one attached hydrogen (secondary N) is 1. The van der Waals surface area contributed by atoms with E-state index >= 15 is 0 Å². The van der Waals surface area contributed by atoms with E-state index in [1.165, 1.54) is 33.5 Å². The predicted molar refractivity (Wildman–Crippen MR) is 101 cm³/mol. The van der Waals surface area contributed by atoms with Gasteiger partial charge in [-0.25, -0.2) is 0 Å². The molecule has 1 aromatic carbocycles. The lowest BCUT2D eigenvalue weighted by atomic mass is 9.94. The van der Waals surface area contributed by atoms with Crippen LogP contribution in [-0.2, 0) is 0 Å². The summed E-state index contributed by atoms with van der Waals surface area (Å²) < 4.78 is 0. The van der Waals surface area contributed by atoms with Crippen LogP contribution in [0.25, 0.3) is 5.57 Å². The minimum absolute atomic E-state index is 0.899. The molecular formula is C21H27N. The standard InChI is InChI=1S/C18H21N.C3H6/c1-5-9-15(13(3)6-2)14(4)17-12-19-18-11-8-7-10-16(17)18;1-3-2/h5-11,19H,2,12H2,1,3-4H3;3H,1H2,2H3/b9-5-,15-13+,17-14-;. The zero-order valence-electron chi connectivity index (χ0n) is 14.2. The van der Waals surface area contributed by atoms with Crippen LogP contribution in [0.5, 0.6) is 0 Å². The minimum atomic E-state index is 0.899. The van der Waals surface area contributed by atoms with Crippen LogP contribution in [0.2, 0.25) is 0 Å². The fourth-order valence-corrected chi connectivity index (χ4v) is 2.51. The average Bonchev–Trinajstić information content (AvgIpc) is 2.96. The zero-order valence-corrected chi connectivity index (χ0v) is 14.2. The molecule has 1 aliphatic heterocycles. The highest BCUT2D eigenvalue weighted by molar-refractivity contribution is 5.87. The number of fused-ring (bicyclic) bond motifs is 1. The van der Waals surface area contributed by atoms with E-state index in [1.54, 1.807) is 6.08 Å². The van der Waals surface area contributed by atoms with Crippen molar-refractivity contribution in [3.8, 4) is 0 Å². The Labute approximate surface area is 135 Å². The van der Waals surface area contributed by atoms with E-state index in [4.69, 9.17) is 0 Å². The predicted octanol–water partition coefficient (Wildman–Crippen LogP) is 6.16. The average molecular weight is 293 g/mol. The quantitative estimate of drug-likeness (QED) is 0.520. The summed E-state index contributed by atoms with van der Waals surface area (Å²) in [6.45, 7) is 16.4. The largest absolute Gasteiger partial charge is 0.380 e. The van der Waals surface area contributed by atoms with Crippen LogP contribution in [0.3, 0.4) is 0 Å². The molecule has 0 radical (unpaired) electrons. The molecule has 1 heterocycles. The summed E-state index contributed by atoms with van der Waals surface area (Å²) in [6.07, 6.45) is 7.93. The number of benzene rings is 1. The second-order valence-electron chi connectivity index (χ2n) is 5.21. The Bertz CT molecular complexity index is 627. The van der Waals surface area contributed by atoms with E-state index in [-0.39, 0.29) is 0 Å². The first-order chi connectivity index (χ1) is 10.6. The van der Waals surface area contributed by atoms with Crippen molar-refractivity contribution in [1.82, 2.24) is 0 Å². The lowest BCUT2D eigenvalue weighted by molar-refractivity contribution is 1.32. The normalized spacial score (nSPS) is 16.0. The van der Waals surface area contributed by atoms with Gasteiger partial charge >= 0.3 is 0 Å². The molecule has 0 aliphatic carbocycles. The van der Waals surface area contributed by atoms with Gasteiger partial charge < -0.3 is 5.32 Å². The van der Waals surface area contributed by atoms with Gasteiger partial charge in [0.1, 0.15) is 0 Å². The van der Waals surface area contributed by atoms with Crippen molar-refractivity contribution in [2.24, 2.45) is 0 Å². The molecule has 1 N–H and O–H groups in total. The Morgan fingerprint density at radius 1 is 1.14 bits per heavy atom. The summed E-state index contributed by atoms with van der Waals surface area (Å²) in [7, 11) is 0. The summed E-state index contributed by atoms with van der Waals surface area (Å²) in [6, 6.07) is 8.49. The lowest BCUT2D eigenvalue weighted by Crippen LogP contribution is -1.96. The van der Waals surface area contributed by atoms with Crippen molar-refractivity contribution < 1.29 is 0 Å². The molecule has 0 unspecified atom stereocenters. The van der Waals surface area contributed by atoms with Gasteiger partial charge in [-0.05, 0) is 56.1 Å². The van der Waals surface area contributed by atoms with Gasteiger partial charge in [0.15, 0.2) is 0 Å². The first kappa shape index (κ1) is 17.8. The molecule has 0 aromatic heterocycles. The van der Waals surface area contributed by atoms with Gasteiger partial charge in [0, 0.05) is 17.8 Å². The number of hydrogen-bond acceptors (Lipinski definition) is 1. The monoisotopic (exact) mass is 293 g/mol. The first-order valence-electron chi connectivity index (χ1n) is 7.67. The van der Waals surface area contributed by atoms with Crippen LogP contribution in [0.4, 0.5) is 5.69 Å². The van der Waals surface area contributed by atoms with E-state index in [0.717, 1.165) is 6.54 Å². The van der Waals surface area contributed by atoms with Gasteiger partial charge in [0.05, 0.1) is 0 Å². The second-order valence-corrected chi connectivity index (χ2v) is 5.21. The van der Waals surface area contributed by atoms with Crippen molar-refractivity contribution in [1.29, 1.82) is 0 Å². The Balaban J connectivity index is 0.000000745. The molecule has 0 saturated carbocycles. The molecule has 116 valence electrons. The third-order valence-electron chi connectivity index (χ3n) is 3.63. The molecule has 2 rings (SSSR count). The first-order valence-corrected chi connectivity index (χ1v) is 7.67. The highest BCUT2D eigenvalue weighted by atomic mass is 14.9. The van der Waals surface area contributed by atoms with Crippen molar-refractivity contribution in [2.75, 3.05) is 11.9 Å². The fourth-order valence-electron chi connectivity index (χ4n) is 2.51. The third-order valence-corrected chi connectivity index (χ3v) is 3.63. The van der Waals surface area contributed by atoms with Gasteiger partial charge in [0.2, 0.25) is 0 Å². The van der Waals surface area contributed by atoms with E-state index in [0.29, 0.717) is 0 Å². The molecule has 0 saturated heterocycles. The van der Waals surface area contributed by atoms with E-state index in [1.807, 2.05) is 13.0 Å². The number of anilines is 1. The summed E-state index contributed by atoms with van der Waals surface area (Å²) >= 11 is 0. The zero-order chi connectivity index (χ0) is 16.5. The van der Waals surface area contributed by atoms with Gasteiger partial charge in [-0.2, -0.15) is 0 Å². The Hall–Kier alpha value is -2.28. The van der Waals surface area contributed by atoms with Crippen LogP contribution in [0.1, 0.15) is 33.3 Å². The maximum atomic E-state index is 3.89. The van der Waals surface area contributed by atoms with Crippen molar-refractivity contribution in [3.63, 3.8) is 0 Å². The molecule has 1 heteroatoms. The topological polar surface area (TPSA) is 12.0 Å². The molecule has 0 spiro atoms. The summed E-state index contributed by atoms with van der Waals surface area (Å²) in [5, 5.41) is 3.45. The van der Waals surface area contributed by atoms with Crippen LogP contribution in [0, 0.1) is 0 Å². The second kappa shape index (κ2) is 8.89. The smallest absolute Gasteiger partial charge is 0.0420 e. The molecule has 1 aromatic rings. The van der Waals surface area contributed by atoms with Gasteiger partial charge in [-0.3, -0.25) is 0 Å². The maximum absolute atomic E-state index is 3.89. The highest BCUT2D eigenvalue weighted by Gasteiger charge is 2.18. The fraction of sp³-hybridized carbons (Fsp3) is 0.238. The summed E-state index contributed by atoms with van der Waals surface area (Å²) in [5.74, 6) is 0. The van der Waals surface area contributed by atoms with Crippen molar-refractivity contribution >= 4 is 11.3 Å². The summed E-state index contributed by atoms with van der Waals surface area (Å²) in [4.78, 5) is 0.